The standard InChI is InChI=1S/C29H40N6O8/c1-18(2)26(34-23(37)8-4-5-16-35-24(38)13-14-25(35)39)28(41)33-22(7-6-15-31-29(30)42)27(40)32-21-11-9-20(10-12-21)17-43-19(3)36/h9-14,18,22,26H,4-8,15-17H2,1-3H3,(H,32,40)(H,33,41)(H,34,37)(H3,30,31,42)/t22-,26-/m1/s1. The number of carbonyl (C=O) groups is 7. The van der Waals surface area contributed by atoms with Gasteiger partial charge >= 0.3 is 12.0 Å². The number of unbranched alkanes of at least 4 members (excludes halogenated alkanes) is 1. The average Bonchev–Trinajstić information content (AvgIpc) is 3.26. The van der Waals surface area contributed by atoms with Crippen molar-refractivity contribution < 1.29 is 38.3 Å². The molecule has 0 fully saturated rings. The van der Waals surface area contributed by atoms with Crippen LogP contribution in [-0.2, 0) is 40.1 Å². The fourth-order valence-electron chi connectivity index (χ4n) is 4.13. The monoisotopic (exact) mass is 600 g/mol. The van der Waals surface area contributed by atoms with Gasteiger partial charge in [-0.25, -0.2) is 4.79 Å². The number of hydrogen-bond donors (Lipinski definition) is 5. The maximum atomic E-state index is 13.3. The average molecular weight is 601 g/mol. The van der Waals surface area contributed by atoms with Gasteiger partial charge in [0.1, 0.15) is 18.7 Å². The molecule has 7 amide bonds. The molecule has 234 valence electrons. The molecule has 0 saturated heterocycles. The predicted molar refractivity (Wildman–Crippen MR) is 156 cm³/mol. The van der Waals surface area contributed by atoms with E-state index in [0.717, 1.165) is 10.5 Å². The largest absolute Gasteiger partial charge is 0.461 e. The van der Waals surface area contributed by atoms with Gasteiger partial charge in [-0.15, -0.1) is 0 Å². The molecule has 1 aromatic rings. The van der Waals surface area contributed by atoms with Crippen molar-refractivity contribution >= 4 is 47.2 Å². The molecule has 1 aromatic carbocycles. The minimum absolute atomic E-state index is 0.0797. The Kier molecular flexibility index (Phi) is 13.8. The first kappa shape index (κ1) is 34.5. The molecule has 0 aliphatic carbocycles. The number of imide groups is 1. The first-order valence-corrected chi connectivity index (χ1v) is 14.1. The summed E-state index contributed by atoms with van der Waals surface area (Å²) in [6.07, 6.45) is 3.81. The summed E-state index contributed by atoms with van der Waals surface area (Å²) >= 11 is 0. The van der Waals surface area contributed by atoms with Crippen LogP contribution >= 0.6 is 0 Å². The lowest BCUT2D eigenvalue weighted by atomic mass is 10.0. The van der Waals surface area contributed by atoms with Crippen molar-refractivity contribution in [3.05, 3.63) is 42.0 Å². The molecule has 1 heterocycles. The van der Waals surface area contributed by atoms with Crippen LogP contribution in [0.1, 0.15) is 58.4 Å². The Hall–Kier alpha value is -4.75. The third-order valence-corrected chi connectivity index (χ3v) is 6.47. The van der Waals surface area contributed by atoms with Gasteiger partial charge in [0.05, 0.1) is 0 Å². The molecule has 0 radical (unpaired) electrons. The van der Waals surface area contributed by atoms with E-state index in [0.29, 0.717) is 24.9 Å². The number of benzene rings is 1. The molecule has 6 N–H and O–H groups in total. The van der Waals surface area contributed by atoms with Crippen LogP contribution in [0, 0.1) is 5.92 Å². The molecule has 0 bridgehead atoms. The van der Waals surface area contributed by atoms with Crippen LogP contribution in [0.3, 0.4) is 0 Å². The SMILES string of the molecule is CC(=O)OCc1ccc(NC(=O)[C@@H](CCCNC(N)=O)NC(=O)[C@H](NC(=O)CCCCN2C(=O)C=CC2=O)C(C)C)cc1. The van der Waals surface area contributed by atoms with E-state index in [4.69, 9.17) is 10.5 Å². The number of carbonyl (C=O) groups excluding carboxylic acids is 7. The van der Waals surface area contributed by atoms with Crippen LogP contribution in [0.4, 0.5) is 10.5 Å². The number of anilines is 1. The number of hydrogen-bond acceptors (Lipinski definition) is 8. The Bertz CT molecular complexity index is 1200. The van der Waals surface area contributed by atoms with Crippen LogP contribution in [0.15, 0.2) is 36.4 Å². The summed E-state index contributed by atoms with van der Waals surface area (Å²) in [4.78, 5) is 85.5. The Balaban J connectivity index is 1.97. The molecular formula is C29H40N6O8. The predicted octanol–water partition coefficient (Wildman–Crippen LogP) is 0.858. The number of primary amides is 1. The normalized spacial score (nSPS) is 13.8. The molecule has 0 unspecified atom stereocenters. The van der Waals surface area contributed by atoms with Gasteiger partial charge in [0.2, 0.25) is 17.7 Å². The number of nitrogens with zero attached hydrogens (tertiary/aromatic N) is 1. The van der Waals surface area contributed by atoms with Crippen LogP contribution in [0.2, 0.25) is 0 Å². The molecule has 2 atom stereocenters. The maximum absolute atomic E-state index is 13.3. The van der Waals surface area contributed by atoms with E-state index in [1.165, 1.54) is 19.1 Å². The van der Waals surface area contributed by atoms with Gasteiger partial charge in [0, 0.05) is 44.3 Å². The van der Waals surface area contributed by atoms with Gasteiger partial charge in [0.25, 0.3) is 11.8 Å². The minimum atomic E-state index is -0.995. The molecule has 1 aliphatic heterocycles. The second kappa shape index (κ2) is 17.3. The summed E-state index contributed by atoms with van der Waals surface area (Å²) in [5, 5.41) is 10.6. The van der Waals surface area contributed by atoms with E-state index < -0.39 is 35.9 Å². The van der Waals surface area contributed by atoms with E-state index in [-0.39, 0.29) is 56.2 Å². The molecule has 14 nitrogen and oxygen atoms in total. The third-order valence-electron chi connectivity index (χ3n) is 6.47. The summed E-state index contributed by atoms with van der Waals surface area (Å²) < 4.78 is 4.96. The Morgan fingerprint density at radius 3 is 2.14 bits per heavy atom. The zero-order valence-electron chi connectivity index (χ0n) is 24.6. The molecule has 14 heteroatoms. The fourth-order valence-corrected chi connectivity index (χ4v) is 4.13. The Morgan fingerprint density at radius 1 is 0.907 bits per heavy atom. The topological polar surface area (TPSA) is 206 Å². The Labute approximate surface area is 250 Å². The molecule has 2 rings (SSSR count). The molecule has 0 aromatic heterocycles. The van der Waals surface area contributed by atoms with Crippen LogP contribution < -0.4 is 27.0 Å². The summed E-state index contributed by atoms with van der Waals surface area (Å²) in [6.45, 7) is 5.29. The van der Waals surface area contributed by atoms with Crippen molar-refractivity contribution in [1.82, 2.24) is 20.9 Å². The third kappa shape index (κ3) is 12.3. The van der Waals surface area contributed by atoms with Gasteiger partial charge < -0.3 is 31.7 Å². The summed E-state index contributed by atoms with van der Waals surface area (Å²) in [5.41, 5.74) is 6.28. The highest BCUT2D eigenvalue weighted by atomic mass is 16.5. The van der Waals surface area contributed by atoms with E-state index in [1.807, 2.05) is 0 Å². The van der Waals surface area contributed by atoms with Crippen LogP contribution in [0.5, 0.6) is 0 Å². The quantitative estimate of drug-likeness (QED) is 0.0982. The Morgan fingerprint density at radius 2 is 1.56 bits per heavy atom. The first-order valence-electron chi connectivity index (χ1n) is 14.1. The lowest BCUT2D eigenvalue weighted by Gasteiger charge is -2.25. The van der Waals surface area contributed by atoms with Crippen molar-refractivity contribution in [3.8, 4) is 0 Å². The lowest BCUT2D eigenvalue weighted by molar-refractivity contribution is -0.142. The molecule has 0 saturated carbocycles. The van der Waals surface area contributed by atoms with Crippen LogP contribution in [-0.4, -0.2) is 71.6 Å². The highest BCUT2D eigenvalue weighted by Gasteiger charge is 2.29. The second-order valence-corrected chi connectivity index (χ2v) is 10.4. The summed E-state index contributed by atoms with van der Waals surface area (Å²) in [6, 6.07) is 4.00. The van der Waals surface area contributed by atoms with E-state index in [2.05, 4.69) is 21.3 Å². The number of ether oxygens (including phenoxy) is 1. The number of esters is 1. The summed E-state index contributed by atoms with van der Waals surface area (Å²) in [7, 11) is 0. The zero-order valence-corrected chi connectivity index (χ0v) is 24.6. The zero-order chi connectivity index (χ0) is 31.9. The van der Waals surface area contributed by atoms with E-state index >= 15 is 0 Å². The van der Waals surface area contributed by atoms with Gasteiger partial charge in [-0.3, -0.25) is 33.7 Å². The minimum Gasteiger partial charge on any atom is -0.461 e. The molecule has 0 spiro atoms. The van der Waals surface area contributed by atoms with Gasteiger partial charge in [-0.1, -0.05) is 26.0 Å². The van der Waals surface area contributed by atoms with Crippen molar-refractivity contribution in [2.24, 2.45) is 11.7 Å². The highest BCUT2D eigenvalue weighted by Crippen LogP contribution is 2.13. The van der Waals surface area contributed by atoms with Crippen molar-refractivity contribution in [3.63, 3.8) is 0 Å². The summed E-state index contributed by atoms with van der Waals surface area (Å²) in [5.74, 6) is -2.93. The molecule has 1 aliphatic rings. The second-order valence-electron chi connectivity index (χ2n) is 10.4. The number of urea groups is 1. The van der Waals surface area contributed by atoms with Gasteiger partial charge in [-0.05, 0) is 49.3 Å². The van der Waals surface area contributed by atoms with E-state index in [1.54, 1.807) is 38.1 Å². The smallest absolute Gasteiger partial charge is 0.312 e. The van der Waals surface area contributed by atoms with Crippen LogP contribution in [0.25, 0.3) is 0 Å². The number of nitrogens with two attached hydrogens (primary N) is 1. The van der Waals surface area contributed by atoms with Crippen molar-refractivity contribution in [1.29, 1.82) is 0 Å². The first-order chi connectivity index (χ1) is 20.4. The van der Waals surface area contributed by atoms with Crippen molar-refractivity contribution in [2.45, 2.75) is 71.6 Å². The van der Waals surface area contributed by atoms with E-state index in [9.17, 15) is 33.6 Å². The number of amides is 7. The lowest BCUT2D eigenvalue weighted by Crippen LogP contribution is -2.54. The molecular weight excluding hydrogens is 560 g/mol. The fraction of sp³-hybridized carbons (Fsp3) is 0.483. The maximum Gasteiger partial charge on any atom is 0.312 e. The van der Waals surface area contributed by atoms with Gasteiger partial charge in [0.15, 0.2) is 0 Å². The number of rotatable bonds is 17. The number of nitrogens with one attached hydrogen (secondary N) is 4. The van der Waals surface area contributed by atoms with Crippen molar-refractivity contribution in [2.75, 3.05) is 18.4 Å². The molecule has 43 heavy (non-hydrogen) atoms. The highest BCUT2D eigenvalue weighted by molar-refractivity contribution is 6.12. The van der Waals surface area contributed by atoms with Gasteiger partial charge in [-0.2, -0.15) is 0 Å².